The Kier molecular flexibility index (Phi) is 4.75. The van der Waals surface area contributed by atoms with Crippen molar-refractivity contribution in [2.24, 2.45) is 0 Å². The molecule has 1 fully saturated rings. The number of aliphatic carboxylic acids is 1. The Morgan fingerprint density at radius 3 is 2.75 bits per heavy atom. The molecule has 1 atom stereocenters. The van der Waals surface area contributed by atoms with E-state index in [0.717, 1.165) is 0 Å². The minimum absolute atomic E-state index is 0.0916. The van der Waals surface area contributed by atoms with Gasteiger partial charge in [0.2, 0.25) is 11.8 Å². The Bertz CT molecular complexity index is 291. The lowest BCUT2D eigenvalue weighted by Gasteiger charge is -2.10. The van der Waals surface area contributed by atoms with Crippen molar-refractivity contribution in [3.05, 3.63) is 0 Å². The summed E-state index contributed by atoms with van der Waals surface area (Å²) >= 11 is 0. The lowest BCUT2D eigenvalue weighted by Crippen LogP contribution is -2.41. The van der Waals surface area contributed by atoms with Crippen LogP contribution in [0.15, 0.2) is 0 Å². The molecule has 2 amide bonds. The molecule has 0 spiro atoms. The van der Waals surface area contributed by atoms with Gasteiger partial charge in [0.05, 0.1) is 0 Å². The molecular formula is C10H16N2O4. The minimum atomic E-state index is -0.825. The molecule has 0 aliphatic carbocycles. The van der Waals surface area contributed by atoms with Crippen LogP contribution in [0.1, 0.15) is 32.1 Å². The molecule has 1 aliphatic heterocycles. The number of amides is 2. The highest BCUT2D eigenvalue weighted by Gasteiger charge is 2.26. The number of hydrogen-bond acceptors (Lipinski definition) is 3. The quantitative estimate of drug-likeness (QED) is 0.541. The van der Waals surface area contributed by atoms with Crippen molar-refractivity contribution in [2.75, 3.05) is 6.54 Å². The number of carbonyl (C=O) groups excluding carboxylic acids is 2. The van der Waals surface area contributed by atoms with Crippen molar-refractivity contribution in [3.63, 3.8) is 0 Å². The second-order valence-electron chi connectivity index (χ2n) is 3.80. The van der Waals surface area contributed by atoms with E-state index in [1.165, 1.54) is 0 Å². The molecule has 0 aromatic rings. The highest BCUT2D eigenvalue weighted by atomic mass is 16.4. The van der Waals surface area contributed by atoms with E-state index in [1.54, 1.807) is 0 Å². The van der Waals surface area contributed by atoms with E-state index in [2.05, 4.69) is 10.6 Å². The standard InChI is InChI=1S/C10H16N2O4/c13-8-5-4-7(12-8)10(16)11-6-2-1-3-9(14)15/h7H,1-6H2,(H,11,16)(H,12,13)(H,14,15)/t7-/m0/s1. The van der Waals surface area contributed by atoms with Crippen molar-refractivity contribution in [2.45, 2.75) is 38.1 Å². The van der Waals surface area contributed by atoms with Crippen molar-refractivity contribution >= 4 is 17.8 Å². The minimum Gasteiger partial charge on any atom is -0.481 e. The molecule has 1 aliphatic rings. The summed E-state index contributed by atoms with van der Waals surface area (Å²) in [4.78, 5) is 32.5. The first-order valence-electron chi connectivity index (χ1n) is 5.38. The van der Waals surface area contributed by atoms with Gasteiger partial charge in [-0.1, -0.05) is 0 Å². The monoisotopic (exact) mass is 228 g/mol. The number of carboxylic acid groups (broad SMARTS) is 1. The van der Waals surface area contributed by atoms with Gasteiger partial charge in [-0.25, -0.2) is 0 Å². The van der Waals surface area contributed by atoms with Crippen LogP contribution >= 0.6 is 0 Å². The molecule has 6 nitrogen and oxygen atoms in total. The second kappa shape index (κ2) is 6.09. The first-order valence-corrected chi connectivity index (χ1v) is 5.38. The molecule has 3 N–H and O–H groups in total. The van der Waals surface area contributed by atoms with Crippen molar-refractivity contribution in [1.29, 1.82) is 0 Å². The highest BCUT2D eigenvalue weighted by Crippen LogP contribution is 2.06. The van der Waals surface area contributed by atoms with Gasteiger partial charge in [-0.05, 0) is 19.3 Å². The van der Waals surface area contributed by atoms with Gasteiger partial charge in [-0.15, -0.1) is 0 Å². The van der Waals surface area contributed by atoms with Crippen LogP contribution in [0.5, 0.6) is 0 Å². The van der Waals surface area contributed by atoms with E-state index in [0.29, 0.717) is 32.2 Å². The van der Waals surface area contributed by atoms with Crippen LogP contribution in [0.25, 0.3) is 0 Å². The zero-order chi connectivity index (χ0) is 12.0. The van der Waals surface area contributed by atoms with E-state index < -0.39 is 12.0 Å². The molecule has 6 heteroatoms. The van der Waals surface area contributed by atoms with Gasteiger partial charge in [-0.2, -0.15) is 0 Å². The fourth-order valence-corrected chi connectivity index (χ4v) is 1.55. The SMILES string of the molecule is O=C(O)CCCCNC(=O)[C@@H]1CCC(=O)N1. The van der Waals surface area contributed by atoms with Gasteiger partial charge in [-0.3, -0.25) is 14.4 Å². The zero-order valence-electron chi connectivity index (χ0n) is 8.99. The number of unbranched alkanes of at least 4 members (excludes halogenated alkanes) is 1. The van der Waals surface area contributed by atoms with Crippen LogP contribution < -0.4 is 10.6 Å². The lowest BCUT2D eigenvalue weighted by atomic mass is 10.2. The predicted octanol–water partition coefficient (Wildman–Crippen LogP) is -0.364. The van der Waals surface area contributed by atoms with Gasteiger partial charge in [0.1, 0.15) is 6.04 Å². The molecule has 0 saturated carbocycles. The Morgan fingerprint density at radius 1 is 1.44 bits per heavy atom. The van der Waals surface area contributed by atoms with Gasteiger partial charge in [0.25, 0.3) is 0 Å². The van der Waals surface area contributed by atoms with E-state index in [-0.39, 0.29) is 18.2 Å². The second-order valence-corrected chi connectivity index (χ2v) is 3.80. The maximum Gasteiger partial charge on any atom is 0.303 e. The van der Waals surface area contributed by atoms with E-state index >= 15 is 0 Å². The first kappa shape index (κ1) is 12.5. The van der Waals surface area contributed by atoms with E-state index in [4.69, 9.17) is 5.11 Å². The maximum atomic E-state index is 11.4. The van der Waals surface area contributed by atoms with Crippen molar-refractivity contribution < 1.29 is 19.5 Å². The summed E-state index contributed by atoms with van der Waals surface area (Å²) in [6, 6.07) is -0.410. The van der Waals surface area contributed by atoms with Gasteiger partial charge in [0.15, 0.2) is 0 Å². The Labute approximate surface area is 93.4 Å². The highest BCUT2D eigenvalue weighted by molar-refractivity contribution is 5.90. The fourth-order valence-electron chi connectivity index (χ4n) is 1.55. The lowest BCUT2D eigenvalue weighted by molar-refractivity contribution is -0.137. The number of carboxylic acids is 1. The smallest absolute Gasteiger partial charge is 0.303 e. The summed E-state index contributed by atoms with van der Waals surface area (Å²) in [6.45, 7) is 0.457. The average molecular weight is 228 g/mol. The molecule has 1 saturated heterocycles. The van der Waals surface area contributed by atoms with E-state index in [9.17, 15) is 14.4 Å². The molecule has 0 aromatic heterocycles. The molecule has 90 valence electrons. The number of nitrogens with one attached hydrogen (secondary N) is 2. The van der Waals surface area contributed by atoms with Crippen LogP contribution in [0, 0.1) is 0 Å². The summed E-state index contributed by atoms with van der Waals surface area (Å²) in [6.07, 6.45) is 2.25. The third-order valence-electron chi connectivity index (χ3n) is 2.43. The van der Waals surface area contributed by atoms with Crippen LogP contribution in [-0.4, -0.2) is 35.5 Å². The summed E-state index contributed by atoms with van der Waals surface area (Å²) in [5, 5.41) is 13.6. The van der Waals surface area contributed by atoms with Crippen LogP contribution in [0.4, 0.5) is 0 Å². The first-order chi connectivity index (χ1) is 7.59. The van der Waals surface area contributed by atoms with E-state index in [1.807, 2.05) is 0 Å². The van der Waals surface area contributed by atoms with Gasteiger partial charge in [0, 0.05) is 19.4 Å². The molecule has 0 unspecified atom stereocenters. The van der Waals surface area contributed by atoms with Crippen LogP contribution in [0.2, 0.25) is 0 Å². The average Bonchev–Trinajstić information content (AvgIpc) is 2.63. The fraction of sp³-hybridized carbons (Fsp3) is 0.700. The maximum absolute atomic E-state index is 11.4. The topological polar surface area (TPSA) is 95.5 Å². The molecule has 1 heterocycles. The number of carbonyl (C=O) groups is 3. The van der Waals surface area contributed by atoms with Crippen LogP contribution in [0.3, 0.4) is 0 Å². The van der Waals surface area contributed by atoms with Gasteiger partial charge >= 0.3 is 5.97 Å². The molecule has 0 bridgehead atoms. The third kappa shape index (κ3) is 4.29. The summed E-state index contributed by atoms with van der Waals surface area (Å²) < 4.78 is 0. The van der Waals surface area contributed by atoms with Gasteiger partial charge < -0.3 is 15.7 Å². The summed E-state index contributed by atoms with van der Waals surface area (Å²) in [5.41, 5.74) is 0. The zero-order valence-corrected chi connectivity index (χ0v) is 8.99. The Morgan fingerprint density at radius 2 is 2.19 bits per heavy atom. The predicted molar refractivity (Wildman–Crippen MR) is 55.7 cm³/mol. The number of rotatable bonds is 6. The van der Waals surface area contributed by atoms with Crippen LogP contribution in [-0.2, 0) is 14.4 Å². The Hall–Kier alpha value is -1.59. The molecule has 0 radical (unpaired) electrons. The summed E-state index contributed by atoms with van der Waals surface area (Å²) in [5.74, 6) is -1.10. The molecule has 16 heavy (non-hydrogen) atoms. The van der Waals surface area contributed by atoms with Crippen molar-refractivity contribution in [3.8, 4) is 0 Å². The largest absolute Gasteiger partial charge is 0.481 e. The molecule has 0 aromatic carbocycles. The normalized spacial score (nSPS) is 19.2. The summed E-state index contributed by atoms with van der Waals surface area (Å²) in [7, 11) is 0. The molecule has 1 rings (SSSR count). The third-order valence-corrected chi connectivity index (χ3v) is 2.43. The Balaban J connectivity index is 2.06. The number of hydrogen-bond donors (Lipinski definition) is 3. The molecular weight excluding hydrogens is 212 g/mol. The van der Waals surface area contributed by atoms with Crippen molar-refractivity contribution in [1.82, 2.24) is 10.6 Å².